The monoisotopic (exact) mass is 397 g/mol. The molecule has 4 N–H and O–H groups in total. The Hall–Kier alpha value is -2.78. The third-order valence-electron chi connectivity index (χ3n) is 5.52. The molecule has 29 heavy (non-hydrogen) atoms. The summed E-state index contributed by atoms with van der Waals surface area (Å²) in [4.78, 5) is 27.8. The standard InChI is InChI=1S/C20H27N7O2/c21-26-20-24-17-12-14(4-6-18(28)23-15-2-1-7-22-13-15)3-5-16(17)19(25-20)27-8-10-29-11-9-27/h1-2,7,13-14H,3-6,8-12,21H2,(H,23,28)(H,24,25,26). The van der Waals surface area contributed by atoms with Gasteiger partial charge in [-0.3, -0.25) is 15.2 Å². The van der Waals surface area contributed by atoms with Crippen LogP contribution >= 0.6 is 0 Å². The fraction of sp³-hybridized carbons (Fsp3) is 0.500. The lowest BCUT2D eigenvalue weighted by atomic mass is 9.84. The molecular formula is C20H27N7O2. The summed E-state index contributed by atoms with van der Waals surface area (Å²) in [5, 5.41) is 2.90. The SMILES string of the molecule is NNc1nc2c(c(N3CCOCC3)n1)CCC(CCC(=O)Nc1cccnc1)C2. The number of carbonyl (C=O) groups excluding carboxylic acids is 1. The van der Waals surface area contributed by atoms with Gasteiger partial charge >= 0.3 is 0 Å². The summed E-state index contributed by atoms with van der Waals surface area (Å²) in [6, 6.07) is 3.65. The molecular weight excluding hydrogens is 370 g/mol. The molecule has 0 aromatic carbocycles. The van der Waals surface area contributed by atoms with E-state index in [1.807, 2.05) is 12.1 Å². The Kier molecular flexibility index (Phi) is 6.16. The average molecular weight is 397 g/mol. The van der Waals surface area contributed by atoms with Crippen molar-refractivity contribution in [2.75, 3.05) is 41.9 Å². The predicted octanol–water partition coefficient (Wildman–Crippen LogP) is 1.52. The van der Waals surface area contributed by atoms with Gasteiger partial charge in [0.2, 0.25) is 11.9 Å². The number of morpholine rings is 1. The van der Waals surface area contributed by atoms with Crippen LogP contribution in [0.1, 0.15) is 30.5 Å². The molecule has 0 saturated carbocycles. The van der Waals surface area contributed by atoms with Gasteiger partial charge in [-0.2, -0.15) is 4.98 Å². The molecule has 1 atom stereocenters. The van der Waals surface area contributed by atoms with Crippen LogP contribution < -0.4 is 21.5 Å². The van der Waals surface area contributed by atoms with Gasteiger partial charge in [0, 0.05) is 31.3 Å². The molecule has 9 heteroatoms. The summed E-state index contributed by atoms with van der Waals surface area (Å²) < 4.78 is 5.47. The molecule has 3 heterocycles. The second-order valence-corrected chi connectivity index (χ2v) is 7.48. The van der Waals surface area contributed by atoms with E-state index in [-0.39, 0.29) is 5.91 Å². The number of ether oxygens (including phenoxy) is 1. The first-order chi connectivity index (χ1) is 14.2. The minimum atomic E-state index is 0.0183. The van der Waals surface area contributed by atoms with E-state index in [0.717, 1.165) is 56.0 Å². The molecule has 0 bridgehead atoms. The topological polar surface area (TPSA) is 118 Å². The van der Waals surface area contributed by atoms with Crippen molar-refractivity contribution in [3.63, 3.8) is 0 Å². The number of nitrogens with one attached hydrogen (secondary N) is 2. The molecule has 1 aliphatic heterocycles. The van der Waals surface area contributed by atoms with Crippen LogP contribution in [0.5, 0.6) is 0 Å². The normalized spacial score (nSPS) is 18.8. The van der Waals surface area contributed by atoms with E-state index in [0.29, 0.717) is 31.5 Å². The van der Waals surface area contributed by atoms with Gasteiger partial charge in [0.05, 0.1) is 30.8 Å². The molecule has 9 nitrogen and oxygen atoms in total. The Morgan fingerprint density at radius 2 is 2.17 bits per heavy atom. The molecule has 2 aromatic rings. The van der Waals surface area contributed by atoms with Gasteiger partial charge in [-0.25, -0.2) is 10.8 Å². The van der Waals surface area contributed by atoms with Crippen LogP contribution in [0.25, 0.3) is 0 Å². The Balaban J connectivity index is 1.40. The van der Waals surface area contributed by atoms with Crippen LogP contribution in [0, 0.1) is 5.92 Å². The summed E-state index contributed by atoms with van der Waals surface area (Å²) in [6.07, 6.45) is 7.44. The van der Waals surface area contributed by atoms with Crippen molar-refractivity contribution in [3.8, 4) is 0 Å². The van der Waals surface area contributed by atoms with E-state index < -0.39 is 0 Å². The molecule has 0 spiro atoms. The van der Waals surface area contributed by atoms with Crippen molar-refractivity contribution in [1.29, 1.82) is 0 Å². The number of nitrogens with two attached hydrogens (primary N) is 1. The van der Waals surface area contributed by atoms with E-state index in [1.54, 1.807) is 12.4 Å². The van der Waals surface area contributed by atoms with Gasteiger partial charge in [-0.15, -0.1) is 0 Å². The average Bonchev–Trinajstić information content (AvgIpc) is 2.78. The molecule has 2 aromatic heterocycles. The maximum absolute atomic E-state index is 12.3. The Labute approximate surface area is 170 Å². The number of carbonyl (C=O) groups is 1. The highest BCUT2D eigenvalue weighted by Gasteiger charge is 2.27. The largest absolute Gasteiger partial charge is 0.378 e. The molecule has 2 aliphatic rings. The number of hydrazine groups is 1. The second kappa shape index (κ2) is 9.15. The number of amides is 1. The molecule has 4 rings (SSSR count). The number of pyridine rings is 1. The molecule has 1 amide bonds. The van der Waals surface area contributed by atoms with Gasteiger partial charge in [0.1, 0.15) is 5.82 Å². The van der Waals surface area contributed by atoms with Crippen LogP contribution in [-0.4, -0.2) is 47.2 Å². The van der Waals surface area contributed by atoms with E-state index in [2.05, 4.69) is 30.6 Å². The number of fused-ring (bicyclic) bond motifs is 1. The van der Waals surface area contributed by atoms with E-state index >= 15 is 0 Å². The first-order valence-electron chi connectivity index (χ1n) is 10.1. The van der Waals surface area contributed by atoms with Gasteiger partial charge in [0.15, 0.2) is 0 Å². The minimum Gasteiger partial charge on any atom is -0.378 e. The van der Waals surface area contributed by atoms with Crippen molar-refractivity contribution in [1.82, 2.24) is 15.0 Å². The van der Waals surface area contributed by atoms with Gasteiger partial charge in [-0.1, -0.05) is 0 Å². The molecule has 0 radical (unpaired) electrons. The smallest absolute Gasteiger partial charge is 0.239 e. The molecule has 1 saturated heterocycles. The third kappa shape index (κ3) is 4.80. The maximum atomic E-state index is 12.3. The van der Waals surface area contributed by atoms with Crippen molar-refractivity contribution < 1.29 is 9.53 Å². The highest BCUT2D eigenvalue weighted by Crippen LogP contribution is 2.33. The summed E-state index contributed by atoms with van der Waals surface area (Å²) >= 11 is 0. The number of anilines is 3. The number of nitrogens with zero attached hydrogens (tertiary/aromatic N) is 4. The van der Waals surface area contributed by atoms with Crippen molar-refractivity contribution >= 4 is 23.4 Å². The third-order valence-corrected chi connectivity index (χ3v) is 5.52. The van der Waals surface area contributed by atoms with Crippen LogP contribution in [0.4, 0.5) is 17.5 Å². The van der Waals surface area contributed by atoms with Crippen LogP contribution in [0.2, 0.25) is 0 Å². The molecule has 1 unspecified atom stereocenters. The van der Waals surface area contributed by atoms with E-state index in [9.17, 15) is 4.79 Å². The second-order valence-electron chi connectivity index (χ2n) is 7.48. The van der Waals surface area contributed by atoms with Gasteiger partial charge < -0.3 is 15.0 Å². The lowest BCUT2D eigenvalue weighted by Gasteiger charge is -2.32. The van der Waals surface area contributed by atoms with Crippen molar-refractivity contribution in [2.24, 2.45) is 11.8 Å². The number of nitrogen functional groups attached to an aromatic ring is 1. The zero-order valence-corrected chi connectivity index (χ0v) is 16.4. The minimum absolute atomic E-state index is 0.0183. The Morgan fingerprint density at radius 3 is 2.93 bits per heavy atom. The van der Waals surface area contributed by atoms with Crippen LogP contribution in [0.3, 0.4) is 0 Å². The first-order valence-corrected chi connectivity index (χ1v) is 10.1. The predicted molar refractivity (Wildman–Crippen MR) is 110 cm³/mol. The summed E-state index contributed by atoms with van der Waals surface area (Å²) in [6.45, 7) is 3.06. The van der Waals surface area contributed by atoms with Crippen LogP contribution in [-0.2, 0) is 22.4 Å². The molecule has 1 aliphatic carbocycles. The number of aromatic nitrogens is 3. The van der Waals surface area contributed by atoms with Crippen molar-refractivity contribution in [2.45, 2.75) is 32.1 Å². The highest BCUT2D eigenvalue weighted by atomic mass is 16.5. The zero-order valence-electron chi connectivity index (χ0n) is 16.4. The van der Waals surface area contributed by atoms with Crippen LogP contribution in [0.15, 0.2) is 24.5 Å². The van der Waals surface area contributed by atoms with E-state index in [1.165, 1.54) is 5.56 Å². The number of rotatable bonds is 6. The molecule has 154 valence electrons. The van der Waals surface area contributed by atoms with Gasteiger partial charge in [-0.05, 0) is 43.7 Å². The first kappa shape index (κ1) is 19.5. The number of hydrogen-bond acceptors (Lipinski definition) is 8. The lowest BCUT2D eigenvalue weighted by Crippen LogP contribution is -2.38. The lowest BCUT2D eigenvalue weighted by molar-refractivity contribution is -0.116. The maximum Gasteiger partial charge on any atom is 0.239 e. The Bertz CT molecular complexity index is 840. The fourth-order valence-electron chi connectivity index (χ4n) is 4.01. The Morgan fingerprint density at radius 1 is 1.31 bits per heavy atom. The van der Waals surface area contributed by atoms with E-state index in [4.69, 9.17) is 10.6 Å². The van der Waals surface area contributed by atoms with Gasteiger partial charge in [0.25, 0.3) is 0 Å². The highest BCUT2D eigenvalue weighted by molar-refractivity contribution is 5.90. The number of hydrogen-bond donors (Lipinski definition) is 3. The fourth-order valence-corrected chi connectivity index (χ4v) is 4.01. The summed E-state index contributed by atoms with van der Waals surface area (Å²) in [5.74, 6) is 7.46. The molecule has 1 fully saturated rings. The zero-order chi connectivity index (χ0) is 20.1. The van der Waals surface area contributed by atoms with Crippen molar-refractivity contribution in [3.05, 3.63) is 35.8 Å². The summed E-state index contributed by atoms with van der Waals surface area (Å²) in [5.41, 5.74) is 5.58. The summed E-state index contributed by atoms with van der Waals surface area (Å²) in [7, 11) is 0. The quantitative estimate of drug-likeness (QED) is 0.496.